The normalized spacial score (nSPS) is 18.1. The molecule has 0 radical (unpaired) electrons. The minimum atomic E-state index is -0.980. The zero-order chi connectivity index (χ0) is 15.8. The van der Waals surface area contributed by atoms with Crippen LogP contribution in [0.25, 0.3) is 0 Å². The molecule has 0 saturated carbocycles. The highest BCUT2D eigenvalue weighted by atomic mass is 19.1. The van der Waals surface area contributed by atoms with Gasteiger partial charge in [0.1, 0.15) is 11.4 Å². The number of rotatable bonds is 1. The summed E-state index contributed by atoms with van der Waals surface area (Å²) in [6.07, 6.45) is -0.328. The molecule has 1 aromatic rings. The van der Waals surface area contributed by atoms with Crippen LogP contribution in [0.2, 0.25) is 0 Å². The highest BCUT2D eigenvalue weighted by molar-refractivity contribution is 5.92. The Balaban J connectivity index is 2.39. The number of amides is 1. The summed E-state index contributed by atoms with van der Waals surface area (Å²) in [5.41, 5.74) is 0.0257. The monoisotopic (exact) mass is 295 g/mol. The first-order chi connectivity index (χ1) is 9.69. The molecule has 6 heteroatoms. The van der Waals surface area contributed by atoms with E-state index >= 15 is 0 Å². The van der Waals surface area contributed by atoms with Crippen molar-refractivity contribution in [3.63, 3.8) is 0 Å². The van der Waals surface area contributed by atoms with Crippen LogP contribution < -0.4 is 4.90 Å². The van der Waals surface area contributed by atoms with E-state index in [9.17, 15) is 19.1 Å². The standard InChI is InChI=1S/C15H18FNO4/c1-15(2,3)21-14(20)17-7-6-11(13(18)19)10-5-4-9(16)8-12(10)17/h4-5,8,11H,6-7H2,1-3H3,(H,18,19). The predicted octanol–water partition coefficient (Wildman–Crippen LogP) is 3.14. The van der Waals surface area contributed by atoms with E-state index in [4.69, 9.17) is 4.74 Å². The summed E-state index contributed by atoms with van der Waals surface area (Å²) in [6.45, 7) is 5.40. The first-order valence-electron chi connectivity index (χ1n) is 6.72. The number of anilines is 1. The van der Waals surface area contributed by atoms with Crippen LogP contribution in [0.15, 0.2) is 18.2 Å². The van der Waals surface area contributed by atoms with Crippen LogP contribution in [0.3, 0.4) is 0 Å². The molecule has 0 saturated heterocycles. The molecule has 5 nitrogen and oxygen atoms in total. The molecule has 21 heavy (non-hydrogen) atoms. The summed E-state index contributed by atoms with van der Waals surface area (Å²) in [4.78, 5) is 24.8. The highest BCUT2D eigenvalue weighted by Gasteiger charge is 2.34. The molecule has 2 rings (SSSR count). The van der Waals surface area contributed by atoms with Crippen molar-refractivity contribution in [1.29, 1.82) is 0 Å². The average Bonchev–Trinajstić information content (AvgIpc) is 2.34. The Labute approximate surface area is 122 Å². The van der Waals surface area contributed by atoms with Gasteiger partial charge in [0, 0.05) is 6.54 Å². The Morgan fingerprint density at radius 1 is 1.38 bits per heavy atom. The first kappa shape index (κ1) is 15.3. The molecule has 1 aliphatic heterocycles. The Morgan fingerprint density at radius 2 is 2.05 bits per heavy atom. The fraction of sp³-hybridized carbons (Fsp3) is 0.467. The van der Waals surface area contributed by atoms with E-state index in [1.807, 2.05) is 0 Å². The molecule has 114 valence electrons. The zero-order valence-electron chi connectivity index (χ0n) is 12.2. The highest BCUT2D eigenvalue weighted by Crippen LogP contribution is 2.36. The number of aliphatic carboxylic acids is 1. The molecule has 1 amide bonds. The maximum atomic E-state index is 13.5. The SMILES string of the molecule is CC(C)(C)OC(=O)N1CCC(C(=O)O)c2ccc(F)cc21. The molecule has 0 spiro atoms. The van der Waals surface area contributed by atoms with Crippen molar-refractivity contribution in [2.45, 2.75) is 38.7 Å². The molecule has 1 atom stereocenters. The number of carbonyl (C=O) groups is 2. The van der Waals surface area contributed by atoms with Gasteiger partial charge in [0.25, 0.3) is 0 Å². The number of carboxylic acids is 1. The number of halogens is 1. The zero-order valence-corrected chi connectivity index (χ0v) is 12.2. The first-order valence-corrected chi connectivity index (χ1v) is 6.72. The topological polar surface area (TPSA) is 66.8 Å². The van der Waals surface area contributed by atoms with Crippen LogP contribution in [0.5, 0.6) is 0 Å². The number of benzene rings is 1. The second-order valence-corrected chi connectivity index (χ2v) is 6.01. The third-order valence-corrected chi connectivity index (χ3v) is 3.21. The summed E-state index contributed by atoms with van der Waals surface area (Å²) in [5.74, 6) is -2.24. The number of carboxylic acid groups (broad SMARTS) is 1. The van der Waals surface area contributed by atoms with Gasteiger partial charge in [-0.15, -0.1) is 0 Å². The molecule has 1 N–H and O–H groups in total. The molecule has 0 aliphatic carbocycles. The summed E-state index contributed by atoms with van der Waals surface area (Å²) < 4.78 is 18.8. The van der Waals surface area contributed by atoms with Crippen molar-refractivity contribution in [2.75, 3.05) is 11.4 Å². The number of nitrogens with zero attached hydrogens (tertiary/aromatic N) is 1. The molecular weight excluding hydrogens is 277 g/mol. The third kappa shape index (κ3) is 3.32. The number of hydrogen-bond acceptors (Lipinski definition) is 3. The predicted molar refractivity (Wildman–Crippen MR) is 75.0 cm³/mol. The lowest BCUT2D eigenvalue weighted by Gasteiger charge is -2.34. The van der Waals surface area contributed by atoms with Gasteiger partial charge in [-0.05, 0) is 44.9 Å². The molecular formula is C15H18FNO4. The largest absolute Gasteiger partial charge is 0.481 e. The Kier molecular flexibility index (Phi) is 3.89. The van der Waals surface area contributed by atoms with Crippen LogP contribution >= 0.6 is 0 Å². The van der Waals surface area contributed by atoms with E-state index in [2.05, 4.69) is 0 Å². The Bertz CT molecular complexity index is 580. The van der Waals surface area contributed by atoms with Crippen molar-refractivity contribution in [1.82, 2.24) is 0 Å². The number of carbonyl (C=O) groups excluding carboxylic acids is 1. The van der Waals surface area contributed by atoms with Crippen LogP contribution in [0.1, 0.15) is 38.7 Å². The maximum Gasteiger partial charge on any atom is 0.414 e. The second-order valence-electron chi connectivity index (χ2n) is 6.01. The minimum Gasteiger partial charge on any atom is -0.481 e. The molecule has 1 aliphatic rings. The van der Waals surface area contributed by atoms with Crippen molar-refractivity contribution in [3.8, 4) is 0 Å². The molecule has 0 fully saturated rings. The number of hydrogen-bond donors (Lipinski definition) is 1. The molecule has 1 heterocycles. The van der Waals surface area contributed by atoms with E-state index in [-0.39, 0.29) is 18.7 Å². The van der Waals surface area contributed by atoms with E-state index in [0.717, 1.165) is 0 Å². The maximum absolute atomic E-state index is 13.5. The molecule has 0 bridgehead atoms. The smallest absolute Gasteiger partial charge is 0.414 e. The van der Waals surface area contributed by atoms with Gasteiger partial charge < -0.3 is 9.84 Å². The van der Waals surface area contributed by atoms with Crippen molar-refractivity contribution >= 4 is 17.7 Å². The van der Waals surface area contributed by atoms with Gasteiger partial charge in [-0.3, -0.25) is 9.69 Å². The Hall–Kier alpha value is -2.11. The van der Waals surface area contributed by atoms with Crippen LogP contribution in [-0.2, 0) is 9.53 Å². The van der Waals surface area contributed by atoms with E-state index in [1.165, 1.54) is 23.1 Å². The van der Waals surface area contributed by atoms with E-state index in [0.29, 0.717) is 5.56 Å². The Morgan fingerprint density at radius 3 is 2.62 bits per heavy atom. The van der Waals surface area contributed by atoms with Crippen molar-refractivity contribution < 1.29 is 23.8 Å². The van der Waals surface area contributed by atoms with Gasteiger partial charge in [-0.1, -0.05) is 6.07 Å². The van der Waals surface area contributed by atoms with Gasteiger partial charge in [-0.25, -0.2) is 9.18 Å². The fourth-order valence-corrected chi connectivity index (χ4v) is 2.34. The van der Waals surface area contributed by atoms with E-state index < -0.39 is 29.4 Å². The fourth-order valence-electron chi connectivity index (χ4n) is 2.34. The lowest BCUT2D eigenvalue weighted by Crippen LogP contribution is -2.41. The molecule has 0 aromatic heterocycles. The van der Waals surface area contributed by atoms with Crippen molar-refractivity contribution in [2.24, 2.45) is 0 Å². The van der Waals surface area contributed by atoms with Crippen LogP contribution in [0, 0.1) is 5.82 Å². The summed E-state index contributed by atoms with van der Waals surface area (Å²) in [7, 11) is 0. The van der Waals surface area contributed by atoms with Crippen molar-refractivity contribution in [3.05, 3.63) is 29.6 Å². The lowest BCUT2D eigenvalue weighted by molar-refractivity contribution is -0.139. The third-order valence-electron chi connectivity index (χ3n) is 3.21. The minimum absolute atomic E-state index is 0.183. The second kappa shape index (κ2) is 5.35. The number of ether oxygens (including phenoxy) is 1. The van der Waals surface area contributed by atoms with Gasteiger partial charge in [0.2, 0.25) is 0 Å². The molecule has 1 aromatic carbocycles. The van der Waals surface area contributed by atoms with Gasteiger partial charge in [-0.2, -0.15) is 0 Å². The van der Waals surface area contributed by atoms with Crippen LogP contribution in [-0.4, -0.2) is 29.3 Å². The number of fused-ring (bicyclic) bond motifs is 1. The van der Waals surface area contributed by atoms with Gasteiger partial charge in [0.05, 0.1) is 11.6 Å². The van der Waals surface area contributed by atoms with Gasteiger partial charge in [0.15, 0.2) is 0 Å². The van der Waals surface area contributed by atoms with Crippen LogP contribution in [0.4, 0.5) is 14.9 Å². The summed E-state index contributed by atoms with van der Waals surface area (Å²) >= 11 is 0. The van der Waals surface area contributed by atoms with E-state index in [1.54, 1.807) is 20.8 Å². The quantitative estimate of drug-likeness (QED) is 0.864. The average molecular weight is 295 g/mol. The molecule has 1 unspecified atom stereocenters. The summed E-state index contributed by atoms with van der Waals surface area (Å²) in [5, 5.41) is 9.24. The lowest BCUT2D eigenvalue weighted by atomic mass is 9.90. The van der Waals surface area contributed by atoms with Gasteiger partial charge >= 0.3 is 12.1 Å². The summed E-state index contributed by atoms with van der Waals surface area (Å²) in [6, 6.07) is 3.79.